The third-order valence-corrected chi connectivity index (χ3v) is 4.01. The summed E-state index contributed by atoms with van der Waals surface area (Å²) in [6, 6.07) is 3.63. The van der Waals surface area contributed by atoms with Crippen molar-refractivity contribution in [2.75, 3.05) is 44.8 Å². The zero-order valence-corrected chi connectivity index (χ0v) is 13.2. The number of ether oxygens (including phenoxy) is 1. The number of nitrogens with zero attached hydrogens (tertiary/aromatic N) is 5. The standard InChI is InChI=1S/C14H18ClN5O2/c1-22-9-4-13(21)18-5-7-19(8-6-18)14-17-16-12-3-2-11(15)10-20(12)14/h2-3,10H,4-9H2,1H3. The van der Waals surface area contributed by atoms with Crippen LogP contribution in [0.2, 0.25) is 5.02 Å². The maximum Gasteiger partial charge on any atom is 0.231 e. The Kier molecular flexibility index (Phi) is 4.44. The van der Waals surface area contributed by atoms with Crippen LogP contribution in [0, 0.1) is 0 Å². The number of amides is 1. The molecule has 0 N–H and O–H groups in total. The number of fused-ring (bicyclic) bond motifs is 1. The van der Waals surface area contributed by atoms with Crippen LogP contribution in [0.1, 0.15) is 6.42 Å². The number of halogens is 1. The van der Waals surface area contributed by atoms with Crippen LogP contribution in [-0.4, -0.2) is 65.3 Å². The molecule has 1 saturated heterocycles. The zero-order chi connectivity index (χ0) is 15.5. The molecule has 1 fully saturated rings. The lowest BCUT2D eigenvalue weighted by Gasteiger charge is -2.34. The Labute approximate surface area is 133 Å². The minimum Gasteiger partial charge on any atom is -0.384 e. The van der Waals surface area contributed by atoms with Gasteiger partial charge in [0, 0.05) is 39.5 Å². The fourth-order valence-electron chi connectivity index (χ4n) is 2.57. The molecular formula is C14H18ClN5O2. The van der Waals surface area contributed by atoms with Gasteiger partial charge in [-0.3, -0.25) is 9.20 Å². The lowest BCUT2D eigenvalue weighted by molar-refractivity contribution is -0.132. The van der Waals surface area contributed by atoms with Crippen LogP contribution in [0.15, 0.2) is 18.3 Å². The molecular weight excluding hydrogens is 306 g/mol. The summed E-state index contributed by atoms with van der Waals surface area (Å²) in [6.07, 6.45) is 2.24. The van der Waals surface area contributed by atoms with Gasteiger partial charge in [0.25, 0.3) is 0 Å². The lowest BCUT2D eigenvalue weighted by Crippen LogP contribution is -2.49. The van der Waals surface area contributed by atoms with E-state index in [0.717, 1.165) is 24.7 Å². The maximum absolute atomic E-state index is 12.0. The second-order valence-corrected chi connectivity index (χ2v) is 5.62. The minimum atomic E-state index is 0.135. The van der Waals surface area contributed by atoms with Crippen molar-refractivity contribution in [3.8, 4) is 0 Å². The smallest absolute Gasteiger partial charge is 0.231 e. The van der Waals surface area contributed by atoms with Gasteiger partial charge < -0.3 is 14.5 Å². The van der Waals surface area contributed by atoms with Gasteiger partial charge in [0.2, 0.25) is 11.9 Å². The first kappa shape index (κ1) is 15.1. The second-order valence-electron chi connectivity index (χ2n) is 5.19. The van der Waals surface area contributed by atoms with Gasteiger partial charge in [-0.15, -0.1) is 10.2 Å². The van der Waals surface area contributed by atoms with Crippen LogP contribution in [0.4, 0.5) is 5.95 Å². The Morgan fingerprint density at radius 2 is 2.05 bits per heavy atom. The molecule has 22 heavy (non-hydrogen) atoms. The van der Waals surface area contributed by atoms with E-state index in [2.05, 4.69) is 15.1 Å². The van der Waals surface area contributed by atoms with E-state index in [0.29, 0.717) is 31.1 Å². The number of aromatic nitrogens is 3. The van der Waals surface area contributed by atoms with Gasteiger partial charge in [-0.1, -0.05) is 11.6 Å². The summed E-state index contributed by atoms with van der Waals surface area (Å²) in [5.41, 5.74) is 0.762. The van der Waals surface area contributed by atoms with Gasteiger partial charge in [-0.05, 0) is 12.1 Å². The molecule has 7 nitrogen and oxygen atoms in total. The monoisotopic (exact) mass is 323 g/mol. The van der Waals surface area contributed by atoms with Crippen LogP contribution in [-0.2, 0) is 9.53 Å². The fraction of sp³-hybridized carbons (Fsp3) is 0.500. The molecule has 1 aliphatic heterocycles. The highest BCUT2D eigenvalue weighted by molar-refractivity contribution is 6.30. The van der Waals surface area contributed by atoms with E-state index in [9.17, 15) is 4.79 Å². The number of methoxy groups -OCH3 is 1. The van der Waals surface area contributed by atoms with Gasteiger partial charge in [-0.2, -0.15) is 0 Å². The molecule has 0 aliphatic carbocycles. The molecule has 0 saturated carbocycles. The van der Waals surface area contributed by atoms with Gasteiger partial charge in [-0.25, -0.2) is 0 Å². The van der Waals surface area contributed by atoms with Crippen molar-refractivity contribution in [2.24, 2.45) is 0 Å². The highest BCUT2D eigenvalue weighted by Crippen LogP contribution is 2.18. The molecule has 0 radical (unpaired) electrons. The molecule has 1 amide bonds. The lowest BCUT2D eigenvalue weighted by atomic mass is 10.3. The molecule has 118 valence electrons. The summed E-state index contributed by atoms with van der Waals surface area (Å²) in [5, 5.41) is 9.02. The molecule has 3 heterocycles. The minimum absolute atomic E-state index is 0.135. The van der Waals surface area contributed by atoms with Crippen LogP contribution in [0.5, 0.6) is 0 Å². The maximum atomic E-state index is 12.0. The first-order chi connectivity index (χ1) is 10.7. The van der Waals surface area contributed by atoms with Crippen molar-refractivity contribution in [3.63, 3.8) is 0 Å². The molecule has 0 atom stereocenters. The second kappa shape index (κ2) is 6.50. The number of carbonyl (C=O) groups excluding carboxylic acids is 1. The van der Waals surface area contributed by atoms with Gasteiger partial charge >= 0.3 is 0 Å². The molecule has 0 unspecified atom stereocenters. The molecule has 0 spiro atoms. The first-order valence-corrected chi connectivity index (χ1v) is 7.59. The number of rotatable bonds is 4. The van der Waals surface area contributed by atoms with E-state index >= 15 is 0 Å². The quantitative estimate of drug-likeness (QED) is 0.842. The highest BCUT2D eigenvalue weighted by Gasteiger charge is 2.23. The Morgan fingerprint density at radius 1 is 1.27 bits per heavy atom. The number of hydrogen-bond donors (Lipinski definition) is 0. The molecule has 0 bridgehead atoms. The van der Waals surface area contributed by atoms with Gasteiger partial charge in [0.05, 0.1) is 18.1 Å². The Morgan fingerprint density at radius 3 is 2.77 bits per heavy atom. The van der Waals surface area contributed by atoms with Crippen molar-refractivity contribution >= 4 is 29.1 Å². The summed E-state index contributed by atoms with van der Waals surface area (Å²) in [4.78, 5) is 16.0. The third-order valence-electron chi connectivity index (χ3n) is 3.78. The van der Waals surface area contributed by atoms with Crippen molar-refractivity contribution in [1.82, 2.24) is 19.5 Å². The number of carbonyl (C=O) groups is 1. The van der Waals surface area contributed by atoms with Crippen molar-refractivity contribution < 1.29 is 9.53 Å². The summed E-state index contributed by atoms with van der Waals surface area (Å²) in [7, 11) is 1.60. The summed E-state index contributed by atoms with van der Waals surface area (Å²) >= 11 is 6.04. The molecule has 0 aromatic carbocycles. The van der Waals surface area contributed by atoms with E-state index in [1.807, 2.05) is 21.6 Å². The van der Waals surface area contributed by atoms with Crippen molar-refractivity contribution in [3.05, 3.63) is 23.4 Å². The van der Waals surface area contributed by atoms with Crippen molar-refractivity contribution in [2.45, 2.75) is 6.42 Å². The first-order valence-electron chi connectivity index (χ1n) is 7.21. The van der Waals surface area contributed by atoms with Gasteiger partial charge in [0.1, 0.15) is 0 Å². The highest BCUT2D eigenvalue weighted by atomic mass is 35.5. The molecule has 2 aromatic heterocycles. The molecule has 1 aliphatic rings. The van der Waals surface area contributed by atoms with E-state index in [4.69, 9.17) is 16.3 Å². The SMILES string of the molecule is COCCC(=O)N1CCN(c2nnc3ccc(Cl)cn23)CC1. The van der Waals surface area contributed by atoms with Crippen LogP contribution in [0.25, 0.3) is 5.65 Å². The Balaban J connectivity index is 1.68. The predicted octanol–water partition coefficient (Wildman–Crippen LogP) is 1.07. The number of anilines is 1. The van der Waals surface area contributed by atoms with E-state index in [1.165, 1.54) is 0 Å². The largest absolute Gasteiger partial charge is 0.384 e. The molecule has 8 heteroatoms. The molecule has 3 rings (SSSR count). The number of piperazine rings is 1. The van der Waals surface area contributed by atoms with E-state index in [-0.39, 0.29) is 5.91 Å². The van der Waals surface area contributed by atoms with Crippen molar-refractivity contribution in [1.29, 1.82) is 0 Å². The normalized spacial score (nSPS) is 15.5. The van der Waals surface area contributed by atoms with Gasteiger partial charge in [0.15, 0.2) is 5.65 Å². The Hall–Kier alpha value is -1.86. The topological polar surface area (TPSA) is 63.0 Å². The summed E-state index contributed by atoms with van der Waals surface area (Å²) in [5.74, 6) is 0.900. The summed E-state index contributed by atoms with van der Waals surface area (Å²) in [6.45, 7) is 3.28. The predicted molar refractivity (Wildman–Crippen MR) is 83.3 cm³/mol. The zero-order valence-electron chi connectivity index (χ0n) is 12.4. The van der Waals surface area contributed by atoms with Crippen LogP contribution >= 0.6 is 11.6 Å². The Bertz CT molecular complexity index is 666. The average Bonchev–Trinajstić information content (AvgIpc) is 2.95. The fourth-order valence-corrected chi connectivity index (χ4v) is 2.73. The summed E-state index contributed by atoms with van der Waals surface area (Å²) < 4.78 is 6.83. The number of hydrogen-bond acceptors (Lipinski definition) is 5. The molecule has 2 aromatic rings. The van der Waals surface area contributed by atoms with E-state index in [1.54, 1.807) is 13.2 Å². The van der Waals surface area contributed by atoms with Crippen LogP contribution < -0.4 is 4.90 Å². The van der Waals surface area contributed by atoms with E-state index < -0.39 is 0 Å². The third kappa shape index (κ3) is 3.00. The average molecular weight is 324 g/mol. The number of pyridine rings is 1. The van der Waals surface area contributed by atoms with Crippen LogP contribution in [0.3, 0.4) is 0 Å².